The van der Waals surface area contributed by atoms with Crippen LogP contribution in [0.3, 0.4) is 0 Å². The van der Waals surface area contributed by atoms with E-state index in [1.54, 1.807) is 39.0 Å². The highest BCUT2D eigenvalue weighted by Gasteiger charge is 2.24. The molecule has 2 aromatic rings. The van der Waals surface area contributed by atoms with Crippen LogP contribution in [0.5, 0.6) is 11.5 Å². The zero-order chi connectivity index (χ0) is 19.6. The van der Waals surface area contributed by atoms with Gasteiger partial charge in [-0.15, -0.1) is 0 Å². The Bertz CT molecular complexity index is 870. The summed E-state index contributed by atoms with van der Waals surface area (Å²) in [7, 11) is 3.18. The number of carbonyl (C=O) groups excluding carboxylic acids is 2. The number of rotatable bonds is 5. The monoisotopic (exact) mass is 373 g/mol. The molecule has 0 spiro atoms. The van der Waals surface area contributed by atoms with Gasteiger partial charge in [0.25, 0.3) is 5.91 Å². The molecule has 1 aliphatic heterocycles. The lowest BCUT2D eigenvalue weighted by atomic mass is 9.99. The van der Waals surface area contributed by atoms with Crippen LogP contribution >= 0.6 is 0 Å². The van der Waals surface area contributed by atoms with Crippen molar-refractivity contribution >= 4 is 11.9 Å². The molecule has 27 heavy (non-hydrogen) atoms. The number of nitrogens with zero attached hydrogens (tertiary/aromatic N) is 1. The summed E-state index contributed by atoms with van der Waals surface area (Å²) in [6.07, 6.45) is 0.704. The Kier molecular flexibility index (Phi) is 5.39. The number of hydrogen-bond donors (Lipinski definition) is 0. The highest BCUT2D eigenvalue weighted by atomic mass is 16.5. The van der Waals surface area contributed by atoms with Crippen molar-refractivity contribution < 1.29 is 28.2 Å². The van der Waals surface area contributed by atoms with E-state index in [1.165, 1.54) is 0 Å². The molecule has 1 amide bonds. The number of benzene rings is 1. The van der Waals surface area contributed by atoms with Gasteiger partial charge in [-0.1, -0.05) is 0 Å². The average Bonchev–Trinajstić information content (AvgIpc) is 3.02. The van der Waals surface area contributed by atoms with Crippen LogP contribution in [0.25, 0.3) is 0 Å². The van der Waals surface area contributed by atoms with Crippen molar-refractivity contribution in [1.82, 2.24) is 4.90 Å². The van der Waals surface area contributed by atoms with Gasteiger partial charge >= 0.3 is 5.97 Å². The predicted octanol–water partition coefficient (Wildman–Crippen LogP) is 2.66. The third kappa shape index (κ3) is 3.92. The summed E-state index contributed by atoms with van der Waals surface area (Å²) < 4.78 is 21.1. The van der Waals surface area contributed by atoms with Crippen LogP contribution in [0.15, 0.2) is 22.6 Å². The molecule has 0 saturated heterocycles. The minimum Gasteiger partial charge on any atom is -0.493 e. The molecule has 1 aliphatic rings. The lowest BCUT2D eigenvalue weighted by molar-refractivity contribution is -0.135. The zero-order valence-corrected chi connectivity index (χ0v) is 16.0. The number of ether oxygens (including phenoxy) is 3. The van der Waals surface area contributed by atoms with Crippen LogP contribution in [-0.2, 0) is 22.5 Å². The van der Waals surface area contributed by atoms with E-state index in [0.29, 0.717) is 48.1 Å². The minimum atomic E-state index is -0.554. The van der Waals surface area contributed by atoms with Crippen molar-refractivity contribution in [2.24, 2.45) is 0 Å². The Morgan fingerprint density at radius 2 is 1.74 bits per heavy atom. The second kappa shape index (κ2) is 7.73. The molecule has 7 nitrogen and oxygen atoms in total. The summed E-state index contributed by atoms with van der Waals surface area (Å²) >= 11 is 0. The molecule has 0 atom stereocenters. The summed E-state index contributed by atoms with van der Waals surface area (Å²) in [6.45, 7) is 4.14. The Morgan fingerprint density at radius 3 is 2.33 bits per heavy atom. The van der Waals surface area contributed by atoms with Crippen LogP contribution < -0.4 is 9.47 Å². The van der Waals surface area contributed by atoms with Gasteiger partial charge in [-0.3, -0.25) is 4.79 Å². The number of hydrogen-bond acceptors (Lipinski definition) is 6. The Morgan fingerprint density at radius 1 is 1.07 bits per heavy atom. The fourth-order valence-electron chi connectivity index (χ4n) is 3.23. The molecule has 1 aromatic carbocycles. The molecule has 0 N–H and O–H groups in total. The van der Waals surface area contributed by atoms with Crippen LogP contribution in [0.4, 0.5) is 0 Å². The van der Waals surface area contributed by atoms with Gasteiger partial charge < -0.3 is 23.5 Å². The van der Waals surface area contributed by atoms with Crippen molar-refractivity contribution in [3.63, 3.8) is 0 Å². The predicted molar refractivity (Wildman–Crippen MR) is 97.1 cm³/mol. The molecule has 144 valence electrons. The molecule has 0 saturated carbocycles. The molecule has 0 radical (unpaired) electrons. The van der Waals surface area contributed by atoms with Crippen molar-refractivity contribution in [3.05, 3.63) is 46.4 Å². The fraction of sp³-hybridized carbons (Fsp3) is 0.400. The van der Waals surface area contributed by atoms with E-state index in [-0.39, 0.29) is 12.5 Å². The molecule has 7 heteroatoms. The molecular formula is C20H23NO6. The maximum absolute atomic E-state index is 12.5. The second-order valence-electron chi connectivity index (χ2n) is 6.44. The summed E-state index contributed by atoms with van der Waals surface area (Å²) in [6, 6.07) is 5.44. The number of methoxy groups -OCH3 is 2. The van der Waals surface area contributed by atoms with Gasteiger partial charge in [0.2, 0.25) is 0 Å². The van der Waals surface area contributed by atoms with Gasteiger partial charge in [-0.05, 0) is 49.6 Å². The van der Waals surface area contributed by atoms with E-state index in [0.717, 1.165) is 11.1 Å². The van der Waals surface area contributed by atoms with Crippen LogP contribution in [0, 0.1) is 13.8 Å². The smallest absolute Gasteiger partial charge is 0.342 e. The van der Waals surface area contributed by atoms with Crippen LogP contribution in [-0.4, -0.2) is 44.1 Å². The first-order valence-electron chi connectivity index (χ1n) is 8.68. The van der Waals surface area contributed by atoms with Crippen molar-refractivity contribution in [2.75, 3.05) is 27.4 Å². The van der Waals surface area contributed by atoms with Gasteiger partial charge in [0.15, 0.2) is 18.1 Å². The molecule has 0 bridgehead atoms. The minimum absolute atomic E-state index is 0.235. The second-order valence-corrected chi connectivity index (χ2v) is 6.44. The highest BCUT2D eigenvalue weighted by Crippen LogP contribution is 2.33. The number of aryl methyl sites for hydroxylation is 2. The number of amides is 1. The quantitative estimate of drug-likeness (QED) is 0.750. The first-order valence-corrected chi connectivity index (χ1v) is 8.68. The normalized spacial score (nSPS) is 13.1. The lowest BCUT2D eigenvalue weighted by Gasteiger charge is -2.29. The maximum Gasteiger partial charge on any atom is 0.342 e. The van der Waals surface area contributed by atoms with E-state index in [2.05, 4.69) is 0 Å². The third-order valence-corrected chi connectivity index (χ3v) is 4.66. The topological polar surface area (TPSA) is 78.2 Å². The number of esters is 1. The van der Waals surface area contributed by atoms with Crippen molar-refractivity contribution in [2.45, 2.75) is 26.8 Å². The Hall–Kier alpha value is -2.96. The van der Waals surface area contributed by atoms with Gasteiger partial charge in [-0.2, -0.15) is 0 Å². The third-order valence-electron chi connectivity index (χ3n) is 4.66. The van der Waals surface area contributed by atoms with E-state index in [4.69, 9.17) is 18.6 Å². The van der Waals surface area contributed by atoms with E-state index in [9.17, 15) is 9.59 Å². The van der Waals surface area contributed by atoms with Crippen LogP contribution in [0.2, 0.25) is 0 Å². The van der Waals surface area contributed by atoms with Crippen molar-refractivity contribution in [1.29, 1.82) is 0 Å². The van der Waals surface area contributed by atoms with Crippen molar-refractivity contribution in [3.8, 4) is 11.5 Å². The van der Waals surface area contributed by atoms with Gasteiger partial charge in [0.05, 0.1) is 14.2 Å². The molecule has 0 aliphatic carbocycles. The summed E-state index contributed by atoms with van der Waals surface area (Å²) in [5.74, 6) is 1.63. The Balaban J connectivity index is 1.64. The number of furan rings is 1. The van der Waals surface area contributed by atoms with E-state index < -0.39 is 5.97 Å². The molecule has 0 unspecified atom stereocenters. The van der Waals surface area contributed by atoms with Gasteiger partial charge in [-0.25, -0.2) is 4.79 Å². The first kappa shape index (κ1) is 18.8. The van der Waals surface area contributed by atoms with Crippen LogP contribution in [0.1, 0.15) is 33.0 Å². The summed E-state index contributed by atoms with van der Waals surface area (Å²) in [4.78, 5) is 26.3. The number of fused-ring (bicyclic) bond motifs is 1. The molecular weight excluding hydrogens is 350 g/mol. The standard InChI is InChI=1S/C20H23NO6/c1-12-7-16(13(2)27-12)20(23)26-11-19(22)21-6-5-14-8-17(24-3)18(25-4)9-15(14)10-21/h7-9H,5-6,10-11H2,1-4H3. The molecule has 1 aromatic heterocycles. The maximum atomic E-state index is 12.5. The van der Waals surface area contributed by atoms with Gasteiger partial charge in [0, 0.05) is 13.1 Å². The van der Waals surface area contributed by atoms with Gasteiger partial charge in [0.1, 0.15) is 17.1 Å². The fourth-order valence-corrected chi connectivity index (χ4v) is 3.23. The average molecular weight is 373 g/mol. The first-order chi connectivity index (χ1) is 12.9. The summed E-state index contributed by atoms with van der Waals surface area (Å²) in [5, 5.41) is 0. The number of carbonyl (C=O) groups is 2. The zero-order valence-electron chi connectivity index (χ0n) is 16.0. The molecule has 2 heterocycles. The van der Waals surface area contributed by atoms with E-state index in [1.807, 2.05) is 12.1 Å². The lowest BCUT2D eigenvalue weighted by Crippen LogP contribution is -2.38. The molecule has 0 fully saturated rings. The Labute approximate surface area is 157 Å². The highest BCUT2D eigenvalue weighted by molar-refractivity contribution is 5.92. The SMILES string of the molecule is COc1cc2c(cc1OC)CN(C(=O)COC(=O)c1cc(C)oc1C)CC2. The molecule has 3 rings (SSSR count). The largest absolute Gasteiger partial charge is 0.493 e. The van der Waals surface area contributed by atoms with E-state index >= 15 is 0 Å². The summed E-state index contributed by atoms with van der Waals surface area (Å²) in [5.41, 5.74) is 2.47.